The maximum atomic E-state index is 5.32. The summed E-state index contributed by atoms with van der Waals surface area (Å²) in [5, 5.41) is 7.86. The number of rotatable bonds is 1. The molecule has 3 heteroatoms. The Morgan fingerprint density at radius 3 is 3.25 bits per heavy atom. The van der Waals surface area contributed by atoms with E-state index in [0.717, 1.165) is 30.7 Å². The highest BCUT2D eigenvalue weighted by Crippen LogP contribution is 2.21. The second-order valence-corrected chi connectivity index (χ2v) is 2.76. The lowest BCUT2D eigenvalue weighted by molar-refractivity contribution is 0.272. The minimum atomic E-state index is 0.687. The standard InChI is InChI=1S/C9H10N2O/c1-2-8-6-7-4-3-5-12-9(7)11-10-8/h2,6H,1,3-5H2. The highest BCUT2D eigenvalue weighted by Gasteiger charge is 2.11. The summed E-state index contributed by atoms with van der Waals surface area (Å²) < 4.78 is 5.32. The van der Waals surface area contributed by atoms with Crippen molar-refractivity contribution in [2.24, 2.45) is 0 Å². The van der Waals surface area contributed by atoms with Gasteiger partial charge >= 0.3 is 0 Å². The van der Waals surface area contributed by atoms with Gasteiger partial charge in [-0.25, -0.2) is 0 Å². The summed E-state index contributed by atoms with van der Waals surface area (Å²) in [7, 11) is 0. The van der Waals surface area contributed by atoms with Gasteiger partial charge in [-0.05, 0) is 25.0 Å². The van der Waals surface area contributed by atoms with E-state index in [0.29, 0.717) is 5.88 Å². The number of hydrogen-bond acceptors (Lipinski definition) is 3. The predicted molar refractivity (Wildman–Crippen MR) is 45.9 cm³/mol. The topological polar surface area (TPSA) is 35.0 Å². The molecule has 0 aromatic carbocycles. The number of fused-ring (bicyclic) bond motifs is 1. The van der Waals surface area contributed by atoms with Gasteiger partial charge in [0.1, 0.15) is 0 Å². The average molecular weight is 162 g/mol. The van der Waals surface area contributed by atoms with Crippen LogP contribution in [0.3, 0.4) is 0 Å². The van der Waals surface area contributed by atoms with E-state index < -0.39 is 0 Å². The second-order valence-electron chi connectivity index (χ2n) is 2.76. The minimum absolute atomic E-state index is 0.687. The van der Waals surface area contributed by atoms with Crippen LogP contribution in [0.4, 0.5) is 0 Å². The van der Waals surface area contributed by atoms with Crippen molar-refractivity contribution < 1.29 is 4.74 Å². The highest BCUT2D eigenvalue weighted by molar-refractivity contribution is 5.44. The summed E-state index contributed by atoms with van der Waals surface area (Å²) in [6.07, 6.45) is 3.79. The Morgan fingerprint density at radius 1 is 1.50 bits per heavy atom. The van der Waals surface area contributed by atoms with E-state index in [4.69, 9.17) is 4.74 Å². The van der Waals surface area contributed by atoms with Crippen molar-refractivity contribution >= 4 is 6.08 Å². The van der Waals surface area contributed by atoms with E-state index in [9.17, 15) is 0 Å². The summed E-state index contributed by atoms with van der Waals surface area (Å²) in [6.45, 7) is 4.40. The molecule has 0 N–H and O–H groups in total. The number of aryl methyl sites for hydroxylation is 1. The van der Waals surface area contributed by atoms with Crippen LogP contribution in [0.2, 0.25) is 0 Å². The summed E-state index contributed by atoms with van der Waals surface area (Å²) in [5.74, 6) is 0.687. The van der Waals surface area contributed by atoms with E-state index >= 15 is 0 Å². The quantitative estimate of drug-likeness (QED) is 0.626. The van der Waals surface area contributed by atoms with Gasteiger partial charge in [0.15, 0.2) is 0 Å². The fourth-order valence-electron chi connectivity index (χ4n) is 1.27. The number of hydrogen-bond donors (Lipinski definition) is 0. The largest absolute Gasteiger partial charge is 0.476 e. The zero-order chi connectivity index (χ0) is 8.39. The van der Waals surface area contributed by atoms with Crippen molar-refractivity contribution in [2.75, 3.05) is 6.61 Å². The molecule has 0 unspecified atom stereocenters. The fourth-order valence-corrected chi connectivity index (χ4v) is 1.27. The number of nitrogens with zero attached hydrogens (tertiary/aromatic N) is 2. The van der Waals surface area contributed by atoms with Gasteiger partial charge in [-0.2, -0.15) is 0 Å². The van der Waals surface area contributed by atoms with Crippen LogP contribution in [0.1, 0.15) is 17.7 Å². The molecule has 1 aromatic rings. The van der Waals surface area contributed by atoms with Crippen LogP contribution in [0.15, 0.2) is 12.6 Å². The molecule has 2 rings (SSSR count). The number of aromatic nitrogens is 2. The van der Waals surface area contributed by atoms with Crippen molar-refractivity contribution in [3.05, 3.63) is 23.9 Å². The van der Waals surface area contributed by atoms with Crippen LogP contribution in [0.5, 0.6) is 5.88 Å². The first-order chi connectivity index (χ1) is 5.90. The van der Waals surface area contributed by atoms with Gasteiger partial charge in [0.2, 0.25) is 5.88 Å². The van der Waals surface area contributed by atoms with Crippen molar-refractivity contribution in [2.45, 2.75) is 12.8 Å². The van der Waals surface area contributed by atoms with Gasteiger partial charge < -0.3 is 4.74 Å². The molecule has 0 radical (unpaired) electrons. The molecule has 2 heterocycles. The molecule has 12 heavy (non-hydrogen) atoms. The Bertz CT molecular complexity index is 309. The summed E-state index contributed by atoms with van der Waals surface area (Å²) in [5.41, 5.74) is 1.96. The maximum Gasteiger partial charge on any atom is 0.236 e. The molecule has 0 amide bonds. The molecule has 1 aliphatic rings. The van der Waals surface area contributed by atoms with Gasteiger partial charge in [-0.1, -0.05) is 6.58 Å². The van der Waals surface area contributed by atoms with E-state index in [1.165, 1.54) is 0 Å². The summed E-state index contributed by atoms with van der Waals surface area (Å²) in [4.78, 5) is 0. The molecule has 0 saturated heterocycles. The van der Waals surface area contributed by atoms with E-state index in [1.54, 1.807) is 6.08 Å². The lowest BCUT2D eigenvalue weighted by Crippen LogP contribution is -2.10. The molecule has 0 saturated carbocycles. The molecule has 3 nitrogen and oxygen atoms in total. The monoisotopic (exact) mass is 162 g/mol. The van der Waals surface area contributed by atoms with E-state index in [-0.39, 0.29) is 0 Å². The predicted octanol–water partition coefficient (Wildman–Crippen LogP) is 1.44. The molecule has 0 aliphatic carbocycles. The molecule has 62 valence electrons. The zero-order valence-corrected chi connectivity index (χ0v) is 6.79. The van der Waals surface area contributed by atoms with Crippen LogP contribution in [0.25, 0.3) is 6.08 Å². The van der Waals surface area contributed by atoms with Gasteiger partial charge in [0.25, 0.3) is 0 Å². The third-order valence-corrected chi connectivity index (χ3v) is 1.89. The third-order valence-electron chi connectivity index (χ3n) is 1.89. The molecular formula is C9H10N2O. The van der Waals surface area contributed by atoms with E-state index in [2.05, 4.69) is 16.8 Å². The lowest BCUT2D eigenvalue weighted by atomic mass is 10.1. The normalized spacial score (nSPS) is 14.7. The summed E-state index contributed by atoms with van der Waals surface area (Å²) in [6, 6.07) is 1.98. The molecule has 0 bridgehead atoms. The molecule has 1 aliphatic heterocycles. The van der Waals surface area contributed by atoms with Gasteiger partial charge in [-0.15, -0.1) is 10.2 Å². The highest BCUT2D eigenvalue weighted by atomic mass is 16.5. The van der Waals surface area contributed by atoms with Crippen molar-refractivity contribution in [1.82, 2.24) is 10.2 Å². The van der Waals surface area contributed by atoms with Gasteiger partial charge in [-0.3, -0.25) is 0 Å². The van der Waals surface area contributed by atoms with Crippen molar-refractivity contribution in [3.63, 3.8) is 0 Å². The molecule has 0 fully saturated rings. The Kier molecular flexibility index (Phi) is 1.78. The molecule has 0 atom stereocenters. The zero-order valence-electron chi connectivity index (χ0n) is 6.79. The van der Waals surface area contributed by atoms with Crippen molar-refractivity contribution in [1.29, 1.82) is 0 Å². The Labute approximate surface area is 71.1 Å². The SMILES string of the molecule is C=Cc1cc2c(nn1)OCCC2. The van der Waals surface area contributed by atoms with Gasteiger partial charge in [0, 0.05) is 5.56 Å². The van der Waals surface area contributed by atoms with Gasteiger partial charge in [0.05, 0.1) is 12.3 Å². The first-order valence-electron chi connectivity index (χ1n) is 4.02. The maximum absolute atomic E-state index is 5.32. The molecule has 1 aromatic heterocycles. The minimum Gasteiger partial charge on any atom is -0.476 e. The van der Waals surface area contributed by atoms with Crippen LogP contribution >= 0.6 is 0 Å². The smallest absolute Gasteiger partial charge is 0.236 e. The average Bonchev–Trinajstić information content (AvgIpc) is 2.17. The Balaban J connectivity index is 2.42. The number of ether oxygens (including phenoxy) is 1. The molecular weight excluding hydrogens is 152 g/mol. The first-order valence-corrected chi connectivity index (χ1v) is 4.02. The second kappa shape index (κ2) is 2.93. The van der Waals surface area contributed by atoms with E-state index in [1.807, 2.05) is 6.07 Å². The van der Waals surface area contributed by atoms with Crippen LogP contribution < -0.4 is 4.74 Å². The third kappa shape index (κ3) is 1.18. The van der Waals surface area contributed by atoms with Crippen molar-refractivity contribution in [3.8, 4) is 5.88 Å². The Morgan fingerprint density at radius 2 is 2.42 bits per heavy atom. The first kappa shape index (κ1) is 7.28. The van der Waals surface area contributed by atoms with Crippen LogP contribution in [-0.2, 0) is 6.42 Å². The molecule has 0 spiro atoms. The fraction of sp³-hybridized carbons (Fsp3) is 0.333. The van der Waals surface area contributed by atoms with Crippen LogP contribution in [0, 0.1) is 0 Å². The summed E-state index contributed by atoms with van der Waals surface area (Å²) >= 11 is 0. The van der Waals surface area contributed by atoms with Crippen LogP contribution in [-0.4, -0.2) is 16.8 Å². The Hall–Kier alpha value is -1.38. The lowest BCUT2D eigenvalue weighted by Gasteiger charge is -2.14.